The monoisotopic (exact) mass is 404 g/mol. The molecular formula is C20H28N4O3S. The van der Waals surface area contributed by atoms with E-state index in [1.807, 2.05) is 53.7 Å². The summed E-state index contributed by atoms with van der Waals surface area (Å²) in [5, 5.41) is 3.65. The van der Waals surface area contributed by atoms with Crippen molar-refractivity contribution in [3.8, 4) is 0 Å². The first-order chi connectivity index (χ1) is 13.0. The molecule has 2 rings (SSSR count). The van der Waals surface area contributed by atoms with Gasteiger partial charge in [0.15, 0.2) is 0 Å². The maximum atomic E-state index is 13.2. The number of carbonyl (C=O) groups is 2. The number of alkyl carbamates (subject to hydrolysis) is 1. The van der Waals surface area contributed by atoms with E-state index in [4.69, 9.17) is 4.74 Å². The number of hydrogen-bond acceptors (Lipinski definition) is 6. The van der Waals surface area contributed by atoms with E-state index >= 15 is 0 Å². The van der Waals surface area contributed by atoms with Crippen LogP contribution < -0.4 is 5.32 Å². The summed E-state index contributed by atoms with van der Waals surface area (Å²) in [5.74, 6) is -0.107. The van der Waals surface area contributed by atoms with E-state index in [0.717, 1.165) is 16.3 Å². The summed E-state index contributed by atoms with van der Waals surface area (Å²) in [6.45, 7) is 11.7. The molecule has 0 aromatic carbocycles. The molecule has 28 heavy (non-hydrogen) atoms. The summed E-state index contributed by atoms with van der Waals surface area (Å²) in [6, 6.07) is 3.47. The third-order valence-electron chi connectivity index (χ3n) is 3.74. The Labute approximate surface area is 170 Å². The van der Waals surface area contributed by atoms with Gasteiger partial charge in [-0.15, -0.1) is 11.3 Å². The Morgan fingerprint density at radius 1 is 1.32 bits per heavy atom. The van der Waals surface area contributed by atoms with Crippen LogP contribution in [0.3, 0.4) is 0 Å². The first-order valence-corrected chi connectivity index (χ1v) is 9.98. The van der Waals surface area contributed by atoms with Crippen LogP contribution in [0.4, 0.5) is 4.79 Å². The van der Waals surface area contributed by atoms with Crippen LogP contribution >= 0.6 is 11.3 Å². The van der Waals surface area contributed by atoms with Crippen molar-refractivity contribution in [1.29, 1.82) is 0 Å². The van der Waals surface area contributed by atoms with Gasteiger partial charge in [0, 0.05) is 31.5 Å². The molecule has 2 aromatic rings. The molecular weight excluding hydrogens is 376 g/mol. The van der Waals surface area contributed by atoms with E-state index in [1.165, 1.54) is 11.3 Å². The Hall–Kier alpha value is -2.48. The van der Waals surface area contributed by atoms with Crippen molar-refractivity contribution in [1.82, 2.24) is 20.2 Å². The zero-order valence-electron chi connectivity index (χ0n) is 17.3. The molecule has 2 aromatic heterocycles. The Balaban J connectivity index is 2.15. The van der Waals surface area contributed by atoms with Gasteiger partial charge in [0.05, 0.1) is 10.7 Å². The number of rotatable bonds is 6. The maximum Gasteiger partial charge on any atom is 0.407 e. The highest BCUT2D eigenvalue weighted by molar-refractivity contribution is 7.13. The molecule has 8 heteroatoms. The van der Waals surface area contributed by atoms with Crippen LogP contribution in [0.2, 0.25) is 0 Å². The Kier molecular flexibility index (Phi) is 7.12. The van der Waals surface area contributed by atoms with Crippen molar-refractivity contribution >= 4 is 23.3 Å². The minimum Gasteiger partial charge on any atom is -0.444 e. The number of nitrogens with zero attached hydrogens (tertiary/aromatic N) is 3. The number of amides is 2. The van der Waals surface area contributed by atoms with Crippen molar-refractivity contribution in [2.45, 2.75) is 59.7 Å². The van der Waals surface area contributed by atoms with Crippen LogP contribution in [0.1, 0.15) is 53.6 Å². The van der Waals surface area contributed by atoms with Crippen molar-refractivity contribution in [3.05, 3.63) is 45.7 Å². The third kappa shape index (κ3) is 6.60. The minimum atomic E-state index is -0.577. The molecule has 0 fully saturated rings. The lowest BCUT2D eigenvalue weighted by atomic mass is 10.2. The molecule has 0 bridgehead atoms. The summed E-state index contributed by atoms with van der Waals surface area (Å²) >= 11 is 1.38. The second-order valence-corrected chi connectivity index (χ2v) is 8.94. The lowest BCUT2D eigenvalue weighted by molar-refractivity contribution is 0.0483. The first-order valence-electron chi connectivity index (χ1n) is 9.17. The predicted octanol–water partition coefficient (Wildman–Crippen LogP) is 3.71. The number of thiazole rings is 1. The fraction of sp³-hybridized carbons (Fsp3) is 0.500. The SMILES string of the molecule is Cc1nc(C)c(C(=O)N(Cc2cccnc2)CC(C)NC(=O)OC(C)(C)C)s1. The molecule has 2 heterocycles. The number of aromatic nitrogens is 2. The standard InChI is InChI=1S/C20H28N4O3S/c1-13(22-19(26)27-20(4,5)6)11-24(12-16-8-7-9-21-10-16)18(25)17-14(2)23-15(3)28-17/h7-10,13H,11-12H2,1-6H3,(H,22,26). The maximum absolute atomic E-state index is 13.2. The van der Waals surface area contributed by atoms with Gasteiger partial charge in [0.2, 0.25) is 0 Å². The molecule has 0 aliphatic rings. The van der Waals surface area contributed by atoms with Crippen molar-refractivity contribution < 1.29 is 14.3 Å². The Morgan fingerprint density at radius 3 is 2.57 bits per heavy atom. The van der Waals surface area contributed by atoms with Gasteiger partial charge in [0.25, 0.3) is 5.91 Å². The molecule has 0 spiro atoms. The van der Waals surface area contributed by atoms with Gasteiger partial charge in [-0.1, -0.05) is 6.07 Å². The van der Waals surface area contributed by atoms with E-state index in [1.54, 1.807) is 17.3 Å². The number of ether oxygens (including phenoxy) is 1. The fourth-order valence-corrected chi connectivity index (χ4v) is 3.58. The van der Waals surface area contributed by atoms with Crippen LogP contribution in [0, 0.1) is 13.8 Å². The van der Waals surface area contributed by atoms with E-state index < -0.39 is 11.7 Å². The van der Waals surface area contributed by atoms with Crippen molar-refractivity contribution in [3.63, 3.8) is 0 Å². The van der Waals surface area contributed by atoms with E-state index in [9.17, 15) is 9.59 Å². The van der Waals surface area contributed by atoms with E-state index in [0.29, 0.717) is 18.0 Å². The fourth-order valence-electron chi connectivity index (χ4n) is 2.69. The number of nitrogens with one attached hydrogen (secondary N) is 1. The molecule has 1 N–H and O–H groups in total. The zero-order chi connectivity index (χ0) is 20.9. The summed E-state index contributed by atoms with van der Waals surface area (Å²) < 4.78 is 5.30. The van der Waals surface area contributed by atoms with E-state index in [-0.39, 0.29) is 11.9 Å². The number of pyridine rings is 1. The van der Waals surface area contributed by atoms with Crippen LogP contribution in [0.5, 0.6) is 0 Å². The molecule has 1 unspecified atom stereocenters. The molecule has 2 amide bonds. The summed E-state index contributed by atoms with van der Waals surface area (Å²) in [6.07, 6.45) is 2.93. The molecule has 0 saturated carbocycles. The highest BCUT2D eigenvalue weighted by Gasteiger charge is 2.24. The van der Waals surface area contributed by atoms with Gasteiger partial charge in [-0.3, -0.25) is 9.78 Å². The topological polar surface area (TPSA) is 84.4 Å². The van der Waals surface area contributed by atoms with Crippen molar-refractivity contribution in [2.75, 3.05) is 6.54 Å². The second kappa shape index (κ2) is 9.14. The average molecular weight is 405 g/mol. The molecule has 0 radical (unpaired) electrons. The summed E-state index contributed by atoms with van der Waals surface area (Å²) in [7, 11) is 0. The number of hydrogen-bond donors (Lipinski definition) is 1. The normalized spacial score (nSPS) is 12.4. The minimum absolute atomic E-state index is 0.107. The molecule has 0 saturated heterocycles. The van der Waals surface area contributed by atoms with Crippen LogP contribution in [0.15, 0.2) is 24.5 Å². The van der Waals surface area contributed by atoms with Gasteiger partial charge in [-0.2, -0.15) is 0 Å². The van der Waals surface area contributed by atoms with Gasteiger partial charge >= 0.3 is 6.09 Å². The first kappa shape index (κ1) is 21.8. The van der Waals surface area contributed by atoms with Crippen LogP contribution in [-0.4, -0.2) is 45.1 Å². The Bertz CT molecular complexity index is 815. The third-order valence-corrected chi connectivity index (χ3v) is 4.80. The van der Waals surface area contributed by atoms with Gasteiger partial charge in [0.1, 0.15) is 10.5 Å². The second-order valence-electron chi connectivity index (χ2n) is 7.74. The molecule has 1 atom stereocenters. The number of aryl methyl sites for hydroxylation is 2. The summed E-state index contributed by atoms with van der Waals surface area (Å²) in [5.41, 5.74) is 1.06. The van der Waals surface area contributed by atoms with Gasteiger partial charge < -0.3 is 15.0 Å². The van der Waals surface area contributed by atoms with Crippen molar-refractivity contribution in [2.24, 2.45) is 0 Å². The van der Waals surface area contributed by atoms with Crippen LogP contribution in [0.25, 0.3) is 0 Å². The molecule has 0 aliphatic carbocycles. The molecule has 7 nitrogen and oxygen atoms in total. The molecule has 152 valence electrons. The predicted molar refractivity (Wildman–Crippen MR) is 109 cm³/mol. The number of carbonyl (C=O) groups excluding carboxylic acids is 2. The Morgan fingerprint density at radius 2 is 2.04 bits per heavy atom. The highest BCUT2D eigenvalue weighted by atomic mass is 32.1. The lowest BCUT2D eigenvalue weighted by Crippen LogP contribution is -2.45. The van der Waals surface area contributed by atoms with E-state index in [2.05, 4.69) is 15.3 Å². The summed E-state index contributed by atoms with van der Waals surface area (Å²) in [4.78, 5) is 36.0. The van der Waals surface area contributed by atoms with Gasteiger partial charge in [-0.25, -0.2) is 9.78 Å². The van der Waals surface area contributed by atoms with Gasteiger partial charge in [-0.05, 0) is 53.2 Å². The largest absolute Gasteiger partial charge is 0.444 e. The zero-order valence-corrected chi connectivity index (χ0v) is 18.1. The smallest absolute Gasteiger partial charge is 0.407 e. The lowest BCUT2D eigenvalue weighted by Gasteiger charge is -2.27. The highest BCUT2D eigenvalue weighted by Crippen LogP contribution is 2.20. The molecule has 0 aliphatic heterocycles. The quantitative estimate of drug-likeness (QED) is 0.793. The average Bonchev–Trinajstić information content (AvgIpc) is 2.91. The van der Waals surface area contributed by atoms with Crippen LogP contribution in [-0.2, 0) is 11.3 Å².